The Morgan fingerprint density at radius 3 is 2.80 bits per heavy atom. The van der Waals surface area contributed by atoms with Crippen molar-refractivity contribution in [2.24, 2.45) is 5.92 Å². The molecule has 3 rings (SSSR count). The van der Waals surface area contributed by atoms with Crippen LogP contribution < -0.4 is 0 Å². The third kappa shape index (κ3) is 3.34. The number of piperidine rings is 2. The minimum atomic E-state index is -0.0436. The van der Waals surface area contributed by atoms with Crippen molar-refractivity contribution < 1.29 is 9.53 Å². The number of rotatable bonds is 5. The Bertz CT molecular complexity index is 343. The van der Waals surface area contributed by atoms with Gasteiger partial charge in [-0.2, -0.15) is 0 Å². The lowest BCUT2D eigenvalue weighted by Crippen LogP contribution is -2.54. The SMILES string of the molecule is CCOC(=O)CCN1CCC2C(CCCN2C2CC2)C1. The molecule has 114 valence electrons. The fourth-order valence-corrected chi connectivity index (χ4v) is 4.06. The Kier molecular flexibility index (Phi) is 4.61. The maximum atomic E-state index is 11.5. The van der Waals surface area contributed by atoms with Gasteiger partial charge in [-0.3, -0.25) is 9.69 Å². The van der Waals surface area contributed by atoms with Crippen LogP contribution in [0.15, 0.2) is 0 Å². The van der Waals surface area contributed by atoms with E-state index in [1.807, 2.05) is 6.92 Å². The number of ether oxygens (including phenoxy) is 1. The zero-order valence-electron chi connectivity index (χ0n) is 12.7. The zero-order chi connectivity index (χ0) is 13.9. The molecule has 4 heteroatoms. The predicted octanol–water partition coefficient (Wildman–Crippen LogP) is 1.89. The summed E-state index contributed by atoms with van der Waals surface area (Å²) >= 11 is 0. The van der Waals surface area contributed by atoms with Gasteiger partial charge in [0.25, 0.3) is 0 Å². The maximum absolute atomic E-state index is 11.5. The summed E-state index contributed by atoms with van der Waals surface area (Å²) in [7, 11) is 0. The maximum Gasteiger partial charge on any atom is 0.307 e. The number of hydrogen-bond donors (Lipinski definition) is 0. The number of likely N-dealkylation sites (tertiary alicyclic amines) is 2. The normalized spacial score (nSPS) is 31.9. The summed E-state index contributed by atoms with van der Waals surface area (Å²) in [5, 5.41) is 0. The molecule has 2 atom stereocenters. The monoisotopic (exact) mass is 280 g/mol. The van der Waals surface area contributed by atoms with E-state index >= 15 is 0 Å². The van der Waals surface area contributed by atoms with Crippen LogP contribution in [0.5, 0.6) is 0 Å². The summed E-state index contributed by atoms with van der Waals surface area (Å²) < 4.78 is 5.02. The first-order chi connectivity index (χ1) is 9.78. The molecule has 0 aromatic rings. The van der Waals surface area contributed by atoms with Gasteiger partial charge < -0.3 is 9.64 Å². The topological polar surface area (TPSA) is 32.8 Å². The molecule has 4 nitrogen and oxygen atoms in total. The molecule has 0 radical (unpaired) electrons. The average molecular weight is 280 g/mol. The number of nitrogens with zero attached hydrogens (tertiary/aromatic N) is 2. The highest BCUT2D eigenvalue weighted by Crippen LogP contribution is 2.38. The molecule has 2 aliphatic heterocycles. The first-order valence-electron chi connectivity index (χ1n) is 8.41. The van der Waals surface area contributed by atoms with Crippen molar-refractivity contribution in [1.29, 1.82) is 0 Å². The van der Waals surface area contributed by atoms with Crippen LogP contribution in [0.25, 0.3) is 0 Å². The number of fused-ring (bicyclic) bond motifs is 1. The van der Waals surface area contributed by atoms with E-state index in [2.05, 4.69) is 9.80 Å². The standard InChI is InChI=1S/C16H28N2O2/c1-2-20-16(19)8-11-17-10-7-15-13(12-17)4-3-9-18(15)14-5-6-14/h13-15H,2-12H2,1H3. The van der Waals surface area contributed by atoms with Gasteiger partial charge in [0.05, 0.1) is 13.0 Å². The van der Waals surface area contributed by atoms with E-state index in [4.69, 9.17) is 4.74 Å². The van der Waals surface area contributed by atoms with Crippen molar-refractivity contribution in [2.45, 2.75) is 57.5 Å². The molecule has 0 N–H and O–H groups in total. The smallest absolute Gasteiger partial charge is 0.307 e. The van der Waals surface area contributed by atoms with Crippen molar-refractivity contribution in [3.05, 3.63) is 0 Å². The lowest BCUT2D eigenvalue weighted by molar-refractivity contribution is -0.143. The lowest BCUT2D eigenvalue weighted by Gasteiger charge is -2.47. The van der Waals surface area contributed by atoms with Crippen LogP contribution in [0.2, 0.25) is 0 Å². The first kappa shape index (κ1) is 14.3. The summed E-state index contributed by atoms with van der Waals surface area (Å²) in [6.07, 6.45) is 7.44. The molecule has 0 spiro atoms. The molecule has 1 saturated carbocycles. The van der Waals surface area contributed by atoms with Gasteiger partial charge >= 0.3 is 5.97 Å². The van der Waals surface area contributed by atoms with E-state index in [0.29, 0.717) is 13.0 Å². The summed E-state index contributed by atoms with van der Waals surface area (Å²) in [6, 6.07) is 1.74. The molecule has 0 aromatic carbocycles. The molecule has 3 aliphatic rings. The molecule has 0 amide bonds. The second-order valence-corrected chi connectivity index (χ2v) is 6.58. The Hall–Kier alpha value is -0.610. The van der Waals surface area contributed by atoms with Gasteiger partial charge in [0.1, 0.15) is 0 Å². The summed E-state index contributed by atoms with van der Waals surface area (Å²) in [6.45, 7) is 6.93. The largest absolute Gasteiger partial charge is 0.466 e. The van der Waals surface area contributed by atoms with Crippen LogP contribution in [-0.2, 0) is 9.53 Å². The quantitative estimate of drug-likeness (QED) is 0.720. The van der Waals surface area contributed by atoms with Crippen molar-refractivity contribution >= 4 is 5.97 Å². The van der Waals surface area contributed by atoms with Crippen LogP contribution in [0.3, 0.4) is 0 Å². The molecule has 3 fully saturated rings. The van der Waals surface area contributed by atoms with Crippen molar-refractivity contribution in [2.75, 3.05) is 32.8 Å². The Labute approximate surface area is 122 Å². The fraction of sp³-hybridized carbons (Fsp3) is 0.938. The Morgan fingerprint density at radius 1 is 1.20 bits per heavy atom. The number of carbonyl (C=O) groups excluding carboxylic acids is 1. The summed E-state index contributed by atoms with van der Waals surface area (Å²) in [5.41, 5.74) is 0. The molecular weight excluding hydrogens is 252 g/mol. The predicted molar refractivity (Wildman–Crippen MR) is 78.5 cm³/mol. The van der Waals surface area contributed by atoms with Crippen molar-refractivity contribution in [3.63, 3.8) is 0 Å². The fourth-order valence-electron chi connectivity index (χ4n) is 4.06. The third-order valence-electron chi connectivity index (χ3n) is 5.15. The van der Waals surface area contributed by atoms with Crippen molar-refractivity contribution in [3.8, 4) is 0 Å². The highest BCUT2D eigenvalue weighted by Gasteiger charge is 2.41. The van der Waals surface area contributed by atoms with Gasteiger partial charge in [0.2, 0.25) is 0 Å². The van der Waals surface area contributed by atoms with Gasteiger partial charge in [0, 0.05) is 25.2 Å². The molecule has 0 aromatic heterocycles. The average Bonchev–Trinajstić information content (AvgIpc) is 3.29. The second kappa shape index (κ2) is 6.44. The van der Waals surface area contributed by atoms with E-state index in [1.54, 1.807) is 0 Å². The molecule has 20 heavy (non-hydrogen) atoms. The molecule has 0 bridgehead atoms. The minimum Gasteiger partial charge on any atom is -0.466 e. The van der Waals surface area contributed by atoms with E-state index in [0.717, 1.165) is 31.1 Å². The van der Waals surface area contributed by atoms with Gasteiger partial charge in [0.15, 0.2) is 0 Å². The number of hydrogen-bond acceptors (Lipinski definition) is 4. The third-order valence-corrected chi connectivity index (χ3v) is 5.15. The molecular formula is C16H28N2O2. The van der Waals surface area contributed by atoms with Crippen LogP contribution in [0.1, 0.15) is 45.4 Å². The Balaban J connectivity index is 1.47. The van der Waals surface area contributed by atoms with E-state index in [-0.39, 0.29) is 5.97 Å². The van der Waals surface area contributed by atoms with Crippen molar-refractivity contribution in [1.82, 2.24) is 9.80 Å². The first-order valence-corrected chi connectivity index (χ1v) is 8.41. The van der Waals surface area contributed by atoms with Gasteiger partial charge in [-0.15, -0.1) is 0 Å². The highest BCUT2D eigenvalue weighted by molar-refractivity contribution is 5.69. The molecule has 2 heterocycles. The molecule has 1 aliphatic carbocycles. The van der Waals surface area contributed by atoms with E-state index in [9.17, 15) is 4.79 Å². The second-order valence-electron chi connectivity index (χ2n) is 6.58. The summed E-state index contributed by atoms with van der Waals surface area (Å²) in [5.74, 6) is 0.790. The minimum absolute atomic E-state index is 0.0436. The van der Waals surface area contributed by atoms with Crippen LogP contribution in [-0.4, -0.2) is 60.6 Å². The van der Waals surface area contributed by atoms with Gasteiger partial charge in [-0.05, 0) is 58.0 Å². The van der Waals surface area contributed by atoms with Gasteiger partial charge in [-0.25, -0.2) is 0 Å². The highest BCUT2D eigenvalue weighted by atomic mass is 16.5. The summed E-state index contributed by atoms with van der Waals surface area (Å²) in [4.78, 5) is 16.7. The van der Waals surface area contributed by atoms with Crippen LogP contribution in [0, 0.1) is 5.92 Å². The van der Waals surface area contributed by atoms with Crippen LogP contribution in [0.4, 0.5) is 0 Å². The zero-order valence-corrected chi connectivity index (χ0v) is 12.7. The van der Waals surface area contributed by atoms with Crippen LogP contribution >= 0.6 is 0 Å². The molecule has 2 saturated heterocycles. The Morgan fingerprint density at radius 2 is 2.05 bits per heavy atom. The molecule has 2 unspecified atom stereocenters. The lowest BCUT2D eigenvalue weighted by atomic mass is 9.83. The van der Waals surface area contributed by atoms with E-state index < -0.39 is 0 Å². The number of carbonyl (C=O) groups is 1. The van der Waals surface area contributed by atoms with Gasteiger partial charge in [-0.1, -0.05) is 0 Å². The van der Waals surface area contributed by atoms with E-state index in [1.165, 1.54) is 45.2 Å². The number of esters is 1.